The zero-order chi connectivity index (χ0) is 20.1. The van der Waals surface area contributed by atoms with Gasteiger partial charge in [0.1, 0.15) is 12.1 Å². The molecular formula is C15H18F3O6S2+. The number of carboxylic acids is 1. The second-order valence-corrected chi connectivity index (χ2v) is 9.13. The Kier molecular flexibility index (Phi) is 7.66. The molecule has 2 rings (SSSR count). The van der Waals surface area contributed by atoms with E-state index in [1.807, 2.05) is 0 Å². The van der Waals surface area contributed by atoms with E-state index in [2.05, 4.69) is 6.26 Å². The Hall–Kier alpha value is -1.59. The number of Topliss-reactive ketones (excluding diaryl/α,β-unsaturated/α-hetero) is 1. The third kappa shape index (κ3) is 5.71. The van der Waals surface area contributed by atoms with E-state index in [0.29, 0.717) is 5.78 Å². The molecule has 2 unspecified atom stereocenters. The number of benzene rings is 1. The van der Waals surface area contributed by atoms with Crippen LogP contribution in [0.2, 0.25) is 0 Å². The molecular weight excluding hydrogens is 397 g/mol. The lowest BCUT2D eigenvalue weighted by molar-refractivity contribution is -0.154. The van der Waals surface area contributed by atoms with Gasteiger partial charge in [-0.15, -0.1) is 0 Å². The molecule has 1 fully saturated rings. The van der Waals surface area contributed by atoms with Crippen molar-refractivity contribution in [2.45, 2.75) is 41.1 Å². The summed E-state index contributed by atoms with van der Waals surface area (Å²) in [6.07, 6.45) is 6.00. The Bertz CT molecular complexity index is 749. The highest BCUT2D eigenvalue weighted by Gasteiger charge is 2.52. The number of aliphatic carboxylic acids is 1. The quantitative estimate of drug-likeness (QED) is 0.578. The topological polar surface area (TPSA) is 109 Å². The third-order valence-corrected chi connectivity index (χ3v) is 6.87. The molecule has 0 heterocycles. The van der Waals surface area contributed by atoms with Crippen molar-refractivity contribution in [2.24, 2.45) is 0 Å². The van der Waals surface area contributed by atoms with Gasteiger partial charge in [0.05, 0.1) is 0 Å². The van der Waals surface area contributed by atoms with Gasteiger partial charge in [-0.05, 0) is 37.1 Å². The fourth-order valence-electron chi connectivity index (χ4n) is 2.25. The van der Waals surface area contributed by atoms with Crippen molar-refractivity contribution in [3.05, 3.63) is 30.1 Å². The van der Waals surface area contributed by atoms with Gasteiger partial charge in [0, 0.05) is 23.7 Å². The summed E-state index contributed by atoms with van der Waals surface area (Å²) >= 11 is 0. The molecule has 0 amide bonds. The first-order valence-electron chi connectivity index (χ1n) is 7.39. The maximum Gasteiger partial charge on any atom is 0.465 e. The zero-order valence-corrected chi connectivity index (χ0v) is 15.3. The van der Waals surface area contributed by atoms with Crippen LogP contribution in [-0.2, 0) is 30.6 Å². The molecule has 0 saturated heterocycles. The van der Waals surface area contributed by atoms with E-state index < -0.39 is 21.3 Å². The molecule has 6 nitrogen and oxygen atoms in total. The average molecular weight is 415 g/mol. The molecule has 1 saturated carbocycles. The van der Waals surface area contributed by atoms with Gasteiger partial charge in [-0.2, -0.15) is 17.2 Å². The minimum Gasteiger partial charge on any atom is -0.476 e. The fraction of sp³-hybridized carbons (Fsp3) is 0.467. The summed E-state index contributed by atoms with van der Waals surface area (Å²) in [7, 11) is -5.91. The van der Waals surface area contributed by atoms with Gasteiger partial charge in [0.15, 0.2) is 15.9 Å². The number of carboxylic acid groups (broad SMARTS) is 1. The standard InChI is InChI=1S/C13H16FOS.C2H2F2O5S/c1-16(11-8-6-10(14)7-9-11)13-5-3-2-4-12(13)15;3-2(4,1(5)6)10(7,8)9/h6-9,13H,2-5H2,1H3;(H,5,6)(H,7,8,9)/q+1;. The van der Waals surface area contributed by atoms with E-state index in [0.717, 1.165) is 30.6 Å². The number of halogens is 3. The Morgan fingerprint density at radius 3 is 2.15 bits per heavy atom. The van der Waals surface area contributed by atoms with E-state index in [9.17, 15) is 31.2 Å². The van der Waals surface area contributed by atoms with Crippen LogP contribution in [0.5, 0.6) is 0 Å². The molecule has 0 spiro atoms. The van der Waals surface area contributed by atoms with Gasteiger partial charge in [-0.1, -0.05) is 0 Å². The van der Waals surface area contributed by atoms with Crippen LogP contribution in [0, 0.1) is 5.82 Å². The third-order valence-electron chi connectivity index (χ3n) is 3.68. The van der Waals surface area contributed by atoms with Crippen molar-refractivity contribution in [1.82, 2.24) is 0 Å². The minimum atomic E-state index is -5.83. The molecule has 2 N–H and O–H groups in total. The Labute approximate surface area is 151 Å². The van der Waals surface area contributed by atoms with Crippen molar-refractivity contribution in [2.75, 3.05) is 6.26 Å². The predicted molar refractivity (Wildman–Crippen MR) is 89.3 cm³/mol. The monoisotopic (exact) mass is 415 g/mol. The number of hydrogen-bond acceptors (Lipinski definition) is 4. The molecule has 11 heteroatoms. The van der Waals surface area contributed by atoms with Crippen LogP contribution < -0.4 is 0 Å². The number of alkyl halides is 2. The van der Waals surface area contributed by atoms with Crippen molar-refractivity contribution in [3.63, 3.8) is 0 Å². The van der Waals surface area contributed by atoms with Crippen LogP contribution in [0.15, 0.2) is 29.2 Å². The van der Waals surface area contributed by atoms with E-state index >= 15 is 0 Å². The van der Waals surface area contributed by atoms with Gasteiger partial charge >= 0.3 is 21.3 Å². The van der Waals surface area contributed by atoms with E-state index in [-0.39, 0.29) is 22.0 Å². The van der Waals surface area contributed by atoms with Crippen LogP contribution in [0.4, 0.5) is 13.2 Å². The summed E-state index contributed by atoms with van der Waals surface area (Å²) < 4.78 is 62.6. The Morgan fingerprint density at radius 1 is 1.23 bits per heavy atom. The first-order valence-corrected chi connectivity index (χ1v) is 10.5. The van der Waals surface area contributed by atoms with E-state index in [1.165, 1.54) is 12.1 Å². The average Bonchev–Trinajstić information content (AvgIpc) is 2.55. The molecule has 1 aliphatic carbocycles. The summed E-state index contributed by atoms with van der Waals surface area (Å²) in [6, 6.07) is 6.57. The lowest BCUT2D eigenvalue weighted by Crippen LogP contribution is -2.36. The summed E-state index contributed by atoms with van der Waals surface area (Å²) in [5, 5.41) is 2.54. The van der Waals surface area contributed by atoms with Crippen LogP contribution in [-0.4, -0.2) is 46.6 Å². The molecule has 1 aromatic rings. The van der Waals surface area contributed by atoms with Crippen LogP contribution in [0.3, 0.4) is 0 Å². The van der Waals surface area contributed by atoms with Gasteiger partial charge in [-0.3, -0.25) is 9.35 Å². The summed E-state index contributed by atoms with van der Waals surface area (Å²) in [5.41, 5.74) is 0. The second kappa shape index (κ2) is 8.87. The highest BCUT2D eigenvalue weighted by atomic mass is 32.2. The van der Waals surface area contributed by atoms with Crippen molar-refractivity contribution in [3.8, 4) is 0 Å². The first kappa shape index (κ1) is 22.5. The van der Waals surface area contributed by atoms with E-state index in [1.54, 1.807) is 12.1 Å². The maximum absolute atomic E-state index is 12.8. The summed E-state index contributed by atoms with van der Waals surface area (Å²) in [5.74, 6) is -2.73. The van der Waals surface area contributed by atoms with Crippen molar-refractivity contribution in [1.29, 1.82) is 0 Å². The summed E-state index contributed by atoms with van der Waals surface area (Å²) in [4.78, 5) is 22.3. The van der Waals surface area contributed by atoms with Gasteiger partial charge in [0.25, 0.3) is 0 Å². The van der Waals surface area contributed by atoms with E-state index in [4.69, 9.17) is 9.66 Å². The zero-order valence-electron chi connectivity index (χ0n) is 13.7. The fourth-order valence-corrected chi connectivity index (χ4v) is 4.40. The number of ketones is 1. The molecule has 2 atom stereocenters. The summed E-state index contributed by atoms with van der Waals surface area (Å²) in [6.45, 7) is 0. The highest BCUT2D eigenvalue weighted by Crippen LogP contribution is 2.26. The lowest BCUT2D eigenvalue weighted by Gasteiger charge is -2.19. The molecule has 146 valence electrons. The van der Waals surface area contributed by atoms with Gasteiger partial charge in [-0.25, -0.2) is 9.18 Å². The maximum atomic E-state index is 12.8. The number of carbonyl (C=O) groups is 2. The van der Waals surface area contributed by atoms with Crippen LogP contribution in [0.25, 0.3) is 0 Å². The Balaban J connectivity index is 0.000000294. The molecule has 26 heavy (non-hydrogen) atoms. The molecule has 0 bridgehead atoms. The van der Waals surface area contributed by atoms with Crippen molar-refractivity contribution < 1.29 is 40.8 Å². The normalized spacial score (nSPS) is 19.3. The Morgan fingerprint density at radius 2 is 1.77 bits per heavy atom. The number of hydrogen-bond donors (Lipinski definition) is 2. The van der Waals surface area contributed by atoms with Crippen LogP contribution >= 0.6 is 0 Å². The lowest BCUT2D eigenvalue weighted by atomic mass is 9.99. The molecule has 1 aliphatic rings. The molecule has 0 radical (unpaired) electrons. The smallest absolute Gasteiger partial charge is 0.465 e. The SMILES string of the molecule is C[S+](c1ccc(F)cc1)C1CCCCC1=O.O=C(O)C(F)(F)S(=O)(=O)O. The molecule has 0 aliphatic heterocycles. The largest absolute Gasteiger partial charge is 0.476 e. The predicted octanol–water partition coefficient (Wildman–Crippen LogP) is 2.50. The highest BCUT2D eigenvalue weighted by molar-refractivity contribution is 7.97. The number of rotatable bonds is 4. The second-order valence-electron chi connectivity index (χ2n) is 5.51. The van der Waals surface area contributed by atoms with Gasteiger partial charge < -0.3 is 5.11 Å². The molecule has 0 aromatic heterocycles. The first-order chi connectivity index (χ1) is 11.9. The van der Waals surface area contributed by atoms with Gasteiger partial charge in [0.2, 0.25) is 0 Å². The molecule has 1 aromatic carbocycles. The van der Waals surface area contributed by atoms with Crippen molar-refractivity contribution >= 4 is 32.8 Å². The number of carbonyl (C=O) groups excluding carboxylic acids is 1. The minimum absolute atomic E-state index is 0.0744. The van der Waals surface area contributed by atoms with Crippen LogP contribution in [0.1, 0.15) is 25.7 Å².